The molecule has 0 N–H and O–H groups in total. The minimum absolute atomic E-state index is 0.0294. The fourth-order valence-corrected chi connectivity index (χ4v) is 2.27. The van der Waals surface area contributed by atoms with Crippen LogP contribution in [0.5, 0.6) is 5.75 Å². The van der Waals surface area contributed by atoms with Crippen LogP contribution in [0.3, 0.4) is 0 Å². The number of rotatable bonds is 7. The van der Waals surface area contributed by atoms with Gasteiger partial charge in [-0.05, 0) is 23.9 Å². The molecule has 0 amide bonds. The van der Waals surface area contributed by atoms with E-state index in [2.05, 4.69) is 6.92 Å². The first-order valence-corrected chi connectivity index (χ1v) is 7.55. The Bertz CT molecular complexity index is 661. The maximum Gasteiger partial charge on any atom is 0.346 e. The van der Waals surface area contributed by atoms with Gasteiger partial charge in [-0.2, -0.15) is 0 Å². The van der Waals surface area contributed by atoms with Crippen molar-refractivity contribution in [3.8, 4) is 5.75 Å². The third-order valence-electron chi connectivity index (χ3n) is 3.49. The predicted octanol–water partition coefficient (Wildman–Crippen LogP) is 4.45. The van der Waals surface area contributed by atoms with E-state index in [0.717, 1.165) is 25.7 Å². The maximum atomic E-state index is 14.4. The number of ether oxygens (including phenoxy) is 1. The summed E-state index contributed by atoms with van der Waals surface area (Å²) in [7, 11) is 0. The third kappa shape index (κ3) is 3.63. The van der Waals surface area contributed by atoms with Gasteiger partial charge in [0.2, 0.25) is 0 Å². The van der Waals surface area contributed by atoms with Gasteiger partial charge >= 0.3 is 5.63 Å². The minimum Gasteiger partial charge on any atom is -0.490 e. The Hall–Kier alpha value is -1.84. The highest BCUT2D eigenvalue weighted by Gasteiger charge is 2.14. The molecule has 0 saturated heterocycles. The third-order valence-corrected chi connectivity index (χ3v) is 3.49. The van der Waals surface area contributed by atoms with Gasteiger partial charge < -0.3 is 9.15 Å². The van der Waals surface area contributed by atoms with Gasteiger partial charge in [0, 0.05) is 6.42 Å². The number of hydrogen-bond acceptors (Lipinski definition) is 3. The fraction of sp³-hybridized carbons (Fsp3) is 0.471. The first-order valence-electron chi connectivity index (χ1n) is 7.55. The molecule has 2 aromatic rings. The van der Waals surface area contributed by atoms with Crippen molar-refractivity contribution in [3.63, 3.8) is 0 Å². The van der Waals surface area contributed by atoms with Gasteiger partial charge in [-0.15, -0.1) is 0 Å². The number of benzene rings is 1. The maximum absolute atomic E-state index is 14.4. The molecule has 0 atom stereocenters. The summed E-state index contributed by atoms with van der Waals surface area (Å²) in [5.74, 6) is 0.0510. The highest BCUT2D eigenvalue weighted by atomic mass is 19.1. The first kappa shape index (κ1) is 15.5. The van der Waals surface area contributed by atoms with Crippen molar-refractivity contribution < 1.29 is 13.5 Å². The monoisotopic (exact) mass is 292 g/mol. The Labute approximate surface area is 123 Å². The molecule has 1 aromatic carbocycles. The highest BCUT2D eigenvalue weighted by Crippen LogP contribution is 2.25. The van der Waals surface area contributed by atoms with Crippen LogP contribution in [0.2, 0.25) is 0 Å². The molecule has 0 aliphatic carbocycles. The summed E-state index contributed by atoms with van der Waals surface area (Å²) < 4.78 is 24.9. The van der Waals surface area contributed by atoms with Gasteiger partial charge in [-0.25, -0.2) is 9.18 Å². The molecule has 0 aliphatic rings. The van der Waals surface area contributed by atoms with Gasteiger partial charge in [0.15, 0.2) is 11.6 Å². The number of hydrogen-bond donors (Lipinski definition) is 0. The molecular formula is C17H21FO3. The Morgan fingerprint density at radius 2 is 2.00 bits per heavy atom. The smallest absolute Gasteiger partial charge is 0.346 e. The minimum atomic E-state index is -0.640. The average Bonchev–Trinajstić information content (AvgIpc) is 2.48. The molecule has 0 radical (unpaired) electrons. The van der Waals surface area contributed by atoms with Crippen LogP contribution in [-0.4, -0.2) is 6.61 Å². The van der Waals surface area contributed by atoms with Crippen LogP contribution in [0.4, 0.5) is 4.39 Å². The van der Waals surface area contributed by atoms with E-state index in [1.807, 2.05) is 6.92 Å². The van der Waals surface area contributed by atoms with E-state index in [-0.39, 0.29) is 11.1 Å². The zero-order valence-electron chi connectivity index (χ0n) is 12.6. The Kier molecular flexibility index (Phi) is 5.37. The van der Waals surface area contributed by atoms with Crippen molar-refractivity contribution in [1.29, 1.82) is 0 Å². The van der Waals surface area contributed by atoms with E-state index in [4.69, 9.17) is 9.15 Å². The Morgan fingerprint density at radius 1 is 1.19 bits per heavy atom. The van der Waals surface area contributed by atoms with Gasteiger partial charge in [0.1, 0.15) is 11.1 Å². The Balaban J connectivity index is 2.21. The van der Waals surface area contributed by atoms with Gasteiger partial charge in [0.25, 0.3) is 0 Å². The first-order chi connectivity index (χ1) is 10.2. The second kappa shape index (κ2) is 7.25. The molecule has 1 heterocycles. The van der Waals surface area contributed by atoms with Crippen LogP contribution in [0, 0.1) is 5.82 Å². The van der Waals surface area contributed by atoms with Crippen molar-refractivity contribution in [1.82, 2.24) is 0 Å². The van der Waals surface area contributed by atoms with Gasteiger partial charge in [0.05, 0.1) is 6.61 Å². The van der Waals surface area contributed by atoms with E-state index >= 15 is 0 Å². The van der Waals surface area contributed by atoms with Crippen LogP contribution in [0.25, 0.3) is 10.8 Å². The summed E-state index contributed by atoms with van der Waals surface area (Å²) >= 11 is 0. The average molecular weight is 292 g/mol. The van der Waals surface area contributed by atoms with E-state index in [9.17, 15) is 9.18 Å². The summed E-state index contributed by atoms with van der Waals surface area (Å²) in [6.07, 6.45) is 4.84. The van der Waals surface area contributed by atoms with Crippen molar-refractivity contribution in [2.24, 2.45) is 0 Å². The summed E-state index contributed by atoms with van der Waals surface area (Å²) in [6.45, 7) is 4.47. The summed E-state index contributed by atoms with van der Waals surface area (Å²) in [5, 5.41) is 0.525. The normalized spacial score (nSPS) is 11.0. The Morgan fingerprint density at radius 3 is 2.71 bits per heavy atom. The highest BCUT2D eigenvalue weighted by molar-refractivity contribution is 5.83. The largest absolute Gasteiger partial charge is 0.490 e. The second-order valence-electron chi connectivity index (χ2n) is 5.10. The quantitative estimate of drug-likeness (QED) is 0.708. The predicted molar refractivity (Wildman–Crippen MR) is 81.5 cm³/mol. The van der Waals surface area contributed by atoms with Crippen molar-refractivity contribution >= 4 is 10.8 Å². The van der Waals surface area contributed by atoms with E-state index in [1.165, 1.54) is 0 Å². The van der Waals surface area contributed by atoms with Crippen molar-refractivity contribution in [3.05, 3.63) is 40.2 Å². The van der Waals surface area contributed by atoms with Crippen LogP contribution in [-0.2, 0) is 6.42 Å². The van der Waals surface area contributed by atoms with E-state index < -0.39 is 11.4 Å². The summed E-state index contributed by atoms with van der Waals surface area (Å²) in [4.78, 5) is 11.9. The zero-order valence-corrected chi connectivity index (χ0v) is 12.6. The molecular weight excluding hydrogens is 271 g/mol. The fourth-order valence-electron chi connectivity index (χ4n) is 2.27. The van der Waals surface area contributed by atoms with Crippen molar-refractivity contribution in [2.75, 3.05) is 6.61 Å². The lowest BCUT2D eigenvalue weighted by Crippen LogP contribution is -2.06. The van der Waals surface area contributed by atoms with Crippen LogP contribution >= 0.6 is 0 Å². The molecule has 1 aromatic heterocycles. The van der Waals surface area contributed by atoms with Crippen LogP contribution in [0.1, 0.15) is 45.3 Å². The molecule has 4 heteroatoms. The molecule has 0 saturated carbocycles. The molecule has 21 heavy (non-hydrogen) atoms. The number of aryl methyl sites for hydroxylation is 1. The molecule has 0 aliphatic heterocycles. The standard InChI is InChI=1S/C17H21FO3/c1-3-5-6-7-10-20-14-9-8-12-11-13(4-2)21-17(19)15(12)16(14)18/h8-9,11H,3-7,10H2,1-2H3. The molecule has 0 unspecified atom stereocenters. The topological polar surface area (TPSA) is 39.4 Å². The molecule has 0 spiro atoms. The van der Waals surface area contributed by atoms with Gasteiger partial charge in [-0.3, -0.25) is 0 Å². The number of unbranched alkanes of at least 4 members (excludes halogenated alkanes) is 3. The zero-order chi connectivity index (χ0) is 15.2. The van der Waals surface area contributed by atoms with E-state index in [0.29, 0.717) is 24.2 Å². The van der Waals surface area contributed by atoms with Crippen LogP contribution < -0.4 is 10.4 Å². The molecule has 114 valence electrons. The van der Waals surface area contributed by atoms with Crippen LogP contribution in [0.15, 0.2) is 27.4 Å². The molecule has 3 nitrogen and oxygen atoms in total. The summed E-state index contributed by atoms with van der Waals surface area (Å²) in [6, 6.07) is 4.98. The lowest BCUT2D eigenvalue weighted by Gasteiger charge is -2.09. The molecule has 2 rings (SSSR count). The molecule has 0 bridgehead atoms. The van der Waals surface area contributed by atoms with Crippen molar-refractivity contribution in [2.45, 2.75) is 46.0 Å². The van der Waals surface area contributed by atoms with E-state index in [1.54, 1.807) is 18.2 Å². The number of fused-ring (bicyclic) bond motifs is 1. The van der Waals surface area contributed by atoms with Gasteiger partial charge in [-0.1, -0.05) is 39.2 Å². The lowest BCUT2D eigenvalue weighted by atomic mass is 10.1. The SMILES string of the molecule is CCCCCCOc1ccc2cc(CC)oc(=O)c2c1F. The number of halogens is 1. The molecule has 0 fully saturated rings. The second-order valence-corrected chi connectivity index (χ2v) is 5.10. The lowest BCUT2D eigenvalue weighted by molar-refractivity contribution is 0.291. The summed E-state index contributed by atoms with van der Waals surface area (Å²) in [5.41, 5.74) is -0.640.